The predicted molar refractivity (Wildman–Crippen MR) is 134 cm³/mol. The number of hydrogen-bond donors (Lipinski definition) is 2. The van der Waals surface area contributed by atoms with Crippen molar-refractivity contribution in [3.8, 4) is 11.5 Å². The van der Waals surface area contributed by atoms with Crippen molar-refractivity contribution >= 4 is 22.9 Å². The van der Waals surface area contributed by atoms with Crippen molar-refractivity contribution in [2.45, 2.75) is 24.9 Å². The van der Waals surface area contributed by atoms with Crippen LogP contribution in [0, 0.1) is 11.6 Å². The summed E-state index contributed by atoms with van der Waals surface area (Å²) in [5.41, 5.74) is 1.31. The highest BCUT2D eigenvalue weighted by molar-refractivity contribution is 5.82. The summed E-state index contributed by atoms with van der Waals surface area (Å²) in [7, 11) is 3.09. The van der Waals surface area contributed by atoms with Crippen LogP contribution in [0.5, 0.6) is 11.5 Å². The zero-order valence-electron chi connectivity index (χ0n) is 20.8. The predicted octanol–water partition coefficient (Wildman–Crippen LogP) is 4.12. The number of fused-ring (bicyclic) bond motifs is 1. The third kappa shape index (κ3) is 5.65. The van der Waals surface area contributed by atoms with Crippen molar-refractivity contribution in [3.05, 3.63) is 71.7 Å². The molecule has 12 heteroatoms. The van der Waals surface area contributed by atoms with Crippen molar-refractivity contribution in [1.29, 1.82) is 0 Å². The van der Waals surface area contributed by atoms with Gasteiger partial charge in [-0.05, 0) is 30.5 Å². The van der Waals surface area contributed by atoms with E-state index in [1.165, 1.54) is 31.5 Å². The second kappa shape index (κ2) is 11.0. The number of amides is 1. The van der Waals surface area contributed by atoms with Gasteiger partial charge in [0.2, 0.25) is 5.95 Å². The summed E-state index contributed by atoms with van der Waals surface area (Å²) in [6.07, 6.45) is 5.38. The molecule has 0 aliphatic carbocycles. The van der Waals surface area contributed by atoms with Gasteiger partial charge in [0.15, 0.2) is 11.6 Å². The number of nitrogens with zero attached hydrogens (tertiary/aromatic N) is 4. The zero-order valence-corrected chi connectivity index (χ0v) is 20.8. The van der Waals surface area contributed by atoms with Crippen LogP contribution in [-0.4, -0.2) is 52.2 Å². The van der Waals surface area contributed by atoms with Crippen LogP contribution in [0.15, 0.2) is 48.9 Å². The van der Waals surface area contributed by atoms with Crippen LogP contribution in [0.25, 0.3) is 10.9 Å². The van der Waals surface area contributed by atoms with Crippen molar-refractivity contribution in [3.63, 3.8) is 0 Å². The highest BCUT2D eigenvalue weighted by Crippen LogP contribution is 2.28. The molecule has 1 saturated heterocycles. The van der Waals surface area contributed by atoms with E-state index in [0.29, 0.717) is 30.3 Å². The first-order valence-corrected chi connectivity index (χ1v) is 12.0. The number of aromatic nitrogens is 4. The monoisotopic (exact) mass is 524 g/mol. The Kier molecular flexibility index (Phi) is 7.31. The van der Waals surface area contributed by atoms with E-state index in [0.717, 1.165) is 18.9 Å². The summed E-state index contributed by atoms with van der Waals surface area (Å²) < 4.78 is 46.6. The number of ether oxygens (including phenoxy) is 3. The number of methoxy groups -OCH3 is 1. The summed E-state index contributed by atoms with van der Waals surface area (Å²) in [5.74, 6) is -0.849. The molecule has 0 saturated carbocycles. The maximum atomic E-state index is 14.8. The molecule has 10 nitrogen and oxygen atoms in total. The van der Waals surface area contributed by atoms with Crippen LogP contribution < -0.4 is 20.1 Å². The Morgan fingerprint density at radius 1 is 1.13 bits per heavy atom. The molecule has 5 rings (SSSR count). The molecule has 2 N–H and O–H groups in total. The van der Waals surface area contributed by atoms with Gasteiger partial charge in [-0.2, -0.15) is 5.10 Å². The Hall–Kier alpha value is -4.32. The average Bonchev–Trinajstić information content (AvgIpc) is 3.33. The van der Waals surface area contributed by atoms with Crippen LogP contribution in [0.2, 0.25) is 0 Å². The van der Waals surface area contributed by atoms with E-state index < -0.39 is 23.8 Å². The van der Waals surface area contributed by atoms with E-state index in [4.69, 9.17) is 14.2 Å². The van der Waals surface area contributed by atoms with Gasteiger partial charge >= 0.3 is 6.09 Å². The molecule has 1 atom stereocenters. The van der Waals surface area contributed by atoms with Crippen molar-refractivity contribution < 1.29 is 27.8 Å². The third-order valence-electron chi connectivity index (χ3n) is 6.22. The Morgan fingerprint density at radius 3 is 2.66 bits per heavy atom. The molecule has 0 unspecified atom stereocenters. The van der Waals surface area contributed by atoms with Crippen LogP contribution in [0.1, 0.15) is 30.0 Å². The highest BCUT2D eigenvalue weighted by Gasteiger charge is 2.22. The fourth-order valence-corrected chi connectivity index (χ4v) is 4.29. The minimum Gasteiger partial charge on any atom is -0.494 e. The summed E-state index contributed by atoms with van der Waals surface area (Å²) in [6, 6.07) is 6.26. The van der Waals surface area contributed by atoms with Crippen LogP contribution in [0.3, 0.4) is 0 Å². The molecule has 0 radical (unpaired) electrons. The van der Waals surface area contributed by atoms with E-state index in [9.17, 15) is 13.6 Å². The highest BCUT2D eigenvalue weighted by atomic mass is 19.1. The molecule has 0 spiro atoms. The van der Waals surface area contributed by atoms with E-state index in [1.54, 1.807) is 30.2 Å². The second-order valence-corrected chi connectivity index (χ2v) is 8.87. The van der Waals surface area contributed by atoms with E-state index in [-0.39, 0.29) is 28.4 Å². The fraction of sp³-hybridized carbons (Fsp3) is 0.308. The minimum absolute atomic E-state index is 0.0472. The molecular weight excluding hydrogens is 498 g/mol. The standard InChI is InChI=1S/C26H26F2N6O4/c1-34-14-16(12-30-34)24(15-3-4-23(36-2)21(28)9-15)33-26(35)38-18-10-20(27)19-13-29-25(32-22(19)11-18)31-17-5-7-37-8-6-17/h3-4,9-14,17,24H,5-8H2,1-2H3,(H,33,35)(H,29,31,32)/t24-/m0/s1. The maximum Gasteiger partial charge on any atom is 0.413 e. The van der Waals surface area contributed by atoms with Gasteiger partial charge in [0.25, 0.3) is 0 Å². The minimum atomic E-state index is -0.872. The molecule has 1 aliphatic heterocycles. The normalized spacial score (nSPS) is 14.7. The Morgan fingerprint density at radius 2 is 1.95 bits per heavy atom. The first-order chi connectivity index (χ1) is 18.4. The number of nitrogens with one attached hydrogen (secondary N) is 2. The van der Waals surface area contributed by atoms with Crippen molar-refractivity contribution in [1.82, 2.24) is 25.1 Å². The molecule has 1 aliphatic rings. The lowest BCUT2D eigenvalue weighted by Crippen LogP contribution is -2.31. The summed E-state index contributed by atoms with van der Waals surface area (Å²) in [5, 5.41) is 10.3. The number of rotatable bonds is 7. The molecular formula is C26H26F2N6O4. The number of aryl methyl sites for hydroxylation is 1. The van der Waals surface area contributed by atoms with E-state index in [1.807, 2.05) is 0 Å². The zero-order chi connectivity index (χ0) is 26.6. The molecule has 2 aromatic heterocycles. The van der Waals surface area contributed by atoms with E-state index >= 15 is 0 Å². The fourth-order valence-electron chi connectivity index (χ4n) is 4.29. The number of benzene rings is 2. The smallest absolute Gasteiger partial charge is 0.413 e. The van der Waals surface area contributed by atoms with Crippen LogP contribution in [0.4, 0.5) is 19.5 Å². The first kappa shape index (κ1) is 25.3. The Bertz CT molecular complexity index is 1460. The molecule has 1 fully saturated rings. The SMILES string of the molecule is COc1ccc([C@H](NC(=O)Oc2cc(F)c3cnc(NC4CCOCC4)nc3c2)c2cnn(C)c2)cc1F. The topological polar surface area (TPSA) is 112 Å². The van der Waals surface area contributed by atoms with Gasteiger partial charge in [0.1, 0.15) is 11.6 Å². The molecule has 198 valence electrons. The third-order valence-corrected chi connectivity index (χ3v) is 6.22. The molecule has 2 aromatic carbocycles. The molecule has 0 bridgehead atoms. The second-order valence-electron chi connectivity index (χ2n) is 8.87. The van der Waals surface area contributed by atoms with Crippen molar-refractivity contribution in [2.24, 2.45) is 7.05 Å². The van der Waals surface area contributed by atoms with E-state index in [2.05, 4.69) is 25.7 Å². The summed E-state index contributed by atoms with van der Waals surface area (Å²) >= 11 is 0. The number of carbonyl (C=O) groups is 1. The van der Waals surface area contributed by atoms with Gasteiger partial charge in [0, 0.05) is 56.4 Å². The lowest BCUT2D eigenvalue weighted by atomic mass is 10.0. The number of carbonyl (C=O) groups excluding carboxylic acids is 1. The largest absolute Gasteiger partial charge is 0.494 e. The van der Waals surface area contributed by atoms with Gasteiger partial charge in [-0.25, -0.2) is 23.5 Å². The lowest BCUT2D eigenvalue weighted by molar-refractivity contribution is 0.0903. The van der Waals surface area contributed by atoms with Crippen LogP contribution >= 0.6 is 0 Å². The number of anilines is 1. The first-order valence-electron chi connectivity index (χ1n) is 12.0. The maximum absolute atomic E-state index is 14.8. The number of hydrogen-bond acceptors (Lipinski definition) is 8. The van der Waals surface area contributed by atoms with Crippen LogP contribution in [-0.2, 0) is 11.8 Å². The molecule has 1 amide bonds. The van der Waals surface area contributed by atoms with Gasteiger partial charge in [-0.3, -0.25) is 4.68 Å². The lowest BCUT2D eigenvalue weighted by Gasteiger charge is -2.23. The van der Waals surface area contributed by atoms with Gasteiger partial charge in [-0.15, -0.1) is 0 Å². The van der Waals surface area contributed by atoms with Gasteiger partial charge in [0.05, 0.1) is 30.3 Å². The number of halogens is 2. The summed E-state index contributed by atoms with van der Waals surface area (Å²) in [4.78, 5) is 21.5. The average molecular weight is 525 g/mol. The Labute approximate surface area is 216 Å². The van der Waals surface area contributed by atoms with Crippen molar-refractivity contribution in [2.75, 3.05) is 25.6 Å². The molecule has 3 heterocycles. The van der Waals surface area contributed by atoms with Gasteiger partial charge in [-0.1, -0.05) is 6.07 Å². The van der Waals surface area contributed by atoms with Gasteiger partial charge < -0.3 is 24.8 Å². The quantitative estimate of drug-likeness (QED) is 0.371. The molecule has 4 aromatic rings. The molecule has 38 heavy (non-hydrogen) atoms. The summed E-state index contributed by atoms with van der Waals surface area (Å²) in [6.45, 7) is 1.30. The Balaban J connectivity index is 1.36.